The molecule has 0 unspecified atom stereocenters. The normalized spacial score (nSPS) is 17.9. The van der Waals surface area contributed by atoms with E-state index in [4.69, 9.17) is 10.3 Å². The number of nitrogens with two attached hydrogens (primary N) is 1. The van der Waals surface area contributed by atoms with Crippen LogP contribution in [0.4, 0.5) is 8.78 Å². The van der Waals surface area contributed by atoms with Crippen LogP contribution in [0.5, 0.6) is 0 Å². The Hall–Kier alpha value is -1.82. The van der Waals surface area contributed by atoms with Crippen LogP contribution in [-0.2, 0) is 6.42 Å². The molecule has 1 aromatic heterocycles. The molecule has 0 radical (unpaired) electrons. The summed E-state index contributed by atoms with van der Waals surface area (Å²) in [4.78, 5) is 4.21. The molecule has 0 spiro atoms. The number of hydrogen-bond acceptors (Lipinski definition) is 4. The Bertz CT molecular complexity index is 615. The summed E-state index contributed by atoms with van der Waals surface area (Å²) in [6, 6.07) is 3.16. The Kier molecular flexibility index (Phi) is 3.71. The predicted octanol–water partition coefficient (Wildman–Crippen LogP) is 3.22. The second kappa shape index (κ2) is 5.52. The molecule has 0 aliphatic heterocycles. The van der Waals surface area contributed by atoms with E-state index in [1.807, 2.05) is 0 Å². The van der Waals surface area contributed by atoms with Gasteiger partial charge in [0.1, 0.15) is 11.6 Å². The smallest absolute Gasteiger partial charge is 0.228 e. The molecule has 1 aromatic carbocycles. The van der Waals surface area contributed by atoms with Gasteiger partial charge < -0.3 is 10.3 Å². The second-order valence-electron chi connectivity index (χ2n) is 5.77. The molecule has 1 saturated carbocycles. The summed E-state index contributed by atoms with van der Waals surface area (Å²) in [5.74, 6) is -0.736. The average molecular weight is 293 g/mol. The van der Waals surface area contributed by atoms with Gasteiger partial charge in [0.2, 0.25) is 11.7 Å². The highest BCUT2D eigenvalue weighted by Crippen LogP contribution is 2.29. The minimum atomic E-state index is -0.668. The summed E-state index contributed by atoms with van der Waals surface area (Å²) < 4.78 is 31.6. The van der Waals surface area contributed by atoms with Crippen LogP contribution in [-0.4, -0.2) is 15.7 Å². The van der Waals surface area contributed by atoms with Gasteiger partial charge in [-0.2, -0.15) is 4.98 Å². The number of nitrogens with zero attached hydrogens (tertiary/aromatic N) is 2. The quantitative estimate of drug-likeness (QED) is 0.943. The van der Waals surface area contributed by atoms with Gasteiger partial charge in [0.25, 0.3) is 0 Å². The molecular formula is C15H17F2N3O. The van der Waals surface area contributed by atoms with Crippen molar-refractivity contribution < 1.29 is 13.3 Å². The molecule has 3 rings (SSSR count). The van der Waals surface area contributed by atoms with Crippen molar-refractivity contribution in [1.82, 2.24) is 10.1 Å². The first kappa shape index (κ1) is 14.1. The summed E-state index contributed by atoms with van der Waals surface area (Å²) in [7, 11) is 0. The lowest BCUT2D eigenvalue weighted by atomic mass is 9.80. The van der Waals surface area contributed by atoms with Crippen molar-refractivity contribution in [2.75, 3.05) is 0 Å². The summed E-state index contributed by atoms with van der Waals surface area (Å²) in [6.45, 7) is 0. The highest BCUT2D eigenvalue weighted by atomic mass is 19.1. The number of benzene rings is 1. The lowest BCUT2D eigenvalue weighted by molar-refractivity contribution is 0.261. The van der Waals surface area contributed by atoms with Gasteiger partial charge in [0, 0.05) is 23.6 Å². The molecular weight excluding hydrogens is 276 g/mol. The third kappa shape index (κ3) is 3.26. The average Bonchev–Trinajstić information content (AvgIpc) is 2.86. The third-order valence-corrected chi connectivity index (χ3v) is 3.94. The minimum absolute atomic E-state index is 0.183. The molecule has 0 amide bonds. The minimum Gasteiger partial charge on any atom is -0.339 e. The van der Waals surface area contributed by atoms with Crippen LogP contribution in [0.3, 0.4) is 0 Å². The van der Waals surface area contributed by atoms with Gasteiger partial charge in [0.15, 0.2) is 0 Å². The van der Waals surface area contributed by atoms with Gasteiger partial charge in [-0.05, 0) is 25.0 Å². The van der Waals surface area contributed by atoms with Crippen molar-refractivity contribution in [1.29, 1.82) is 0 Å². The molecule has 0 saturated heterocycles. The maximum atomic E-state index is 13.2. The number of halogens is 2. The molecule has 0 bridgehead atoms. The molecule has 1 heterocycles. The van der Waals surface area contributed by atoms with Gasteiger partial charge in [-0.3, -0.25) is 0 Å². The summed E-state index contributed by atoms with van der Waals surface area (Å²) >= 11 is 0. The van der Waals surface area contributed by atoms with Crippen LogP contribution in [0.2, 0.25) is 0 Å². The Labute approximate surface area is 121 Å². The topological polar surface area (TPSA) is 64.9 Å². The van der Waals surface area contributed by atoms with Gasteiger partial charge >= 0.3 is 0 Å². The molecule has 1 aliphatic rings. The predicted molar refractivity (Wildman–Crippen MR) is 73.4 cm³/mol. The van der Waals surface area contributed by atoms with E-state index < -0.39 is 11.6 Å². The summed E-state index contributed by atoms with van der Waals surface area (Å²) in [6.07, 6.45) is 5.77. The zero-order valence-corrected chi connectivity index (χ0v) is 11.6. The van der Waals surface area contributed by atoms with E-state index in [1.54, 1.807) is 0 Å². The summed E-state index contributed by atoms with van der Waals surface area (Å²) in [5.41, 5.74) is 6.29. The first-order valence-corrected chi connectivity index (χ1v) is 7.12. The molecule has 112 valence electrons. The Morgan fingerprint density at radius 2 is 1.76 bits per heavy atom. The van der Waals surface area contributed by atoms with E-state index in [1.165, 1.54) is 18.6 Å². The lowest BCUT2D eigenvalue weighted by Gasteiger charge is -2.31. The molecule has 4 nitrogen and oxygen atoms in total. The van der Waals surface area contributed by atoms with E-state index in [-0.39, 0.29) is 16.9 Å². The van der Waals surface area contributed by atoms with Crippen molar-refractivity contribution in [3.63, 3.8) is 0 Å². The first-order valence-electron chi connectivity index (χ1n) is 7.12. The van der Waals surface area contributed by atoms with E-state index in [9.17, 15) is 8.78 Å². The molecule has 2 aromatic rings. The van der Waals surface area contributed by atoms with Crippen LogP contribution < -0.4 is 5.73 Å². The van der Waals surface area contributed by atoms with Gasteiger partial charge in [0.05, 0.1) is 0 Å². The molecule has 1 aliphatic carbocycles. The molecule has 0 atom stereocenters. The van der Waals surface area contributed by atoms with Crippen molar-refractivity contribution in [3.8, 4) is 11.4 Å². The summed E-state index contributed by atoms with van der Waals surface area (Å²) in [5, 5.41) is 3.79. The van der Waals surface area contributed by atoms with E-state index in [0.29, 0.717) is 12.3 Å². The van der Waals surface area contributed by atoms with Gasteiger partial charge in [-0.15, -0.1) is 0 Å². The fraction of sp³-hybridized carbons (Fsp3) is 0.467. The fourth-order valence-electron chi connectivity index (χ4n) is 2.86. The molecule has 1 fully saturated rings. The van der Waals surface area contributed by atoms with Crippen molar-refractivity contribution in [2.45, 2.75) is 44.1 Å². The second-order valence-corrected chi connectivity index (χ2v) is 5.77. The van der Waals surface area contributed by atoms with Gasteiger partial charge in [-0.25, -0.2) is 8.78 Å². The van der Waals surface area contributed by atoms with E-state index in [2.05, 4.69) is 10.1 Å². The number of rotatable bonds is 3. The van der Waals surface area contributed by atoms with Crippen LogP contribution >= 0.6 is 0 Å². The Morgan fingerprint density at radius 3 is 2.43 bits per heavy atom. The fourth-order valence-corrected chi connectivity index (χ4v) is 2.86. The van der Waals surface area contributed by atoms with Crippen LogP contribution in [0, 0.1) is 11.6 Å². The maximum Gasteiger partial charge on any atom is 0.228 e. The van der Waals surface area contributed by atoms with Crippen molar-refractivity contribution in [2.24, 2.45) is 5.73 Å². The van der Waals surface area contributed by atoms with Crippen molar-refractivity contribution in [3.05, 3.63) is 35.7 Å². The first-order chi connectivity index (χ1) is 10.0. The number of aromatic nitrogens is 2. The third-order valence-electron chi connectivity index (χ3n) is 3.94. The molecule has 21 heavy (non-hydrogen) atoms. The molecule has 6 heteroatoms. The maximum absolute atomic E-state index is 13.2. The van der Waals surface area contributed by atoms with E-state index in [0.717, 1.165) is 31.7 Å². The lowest BCUT2D eigenvalue weighted by Crippen LogP contribution is -2.43. The van der Waals surface area contributed by atoms with Crippen LogP contribution in [0.1, 0.15) is 38.0 Å². The highest BCUT2D eigenvalue weighted by molar-refractivity contribution is 5.54. The van der Waals surface area contributed by atoms with Crippen LogP contribution in [0.25, 0.3) is 11.4 Å². The monoisotopic (exact) mass is 293 g/mol. The zero-order chi connectivity index (χ0) is 14.9. The Balaban J connectivity index is 1.79. The van der Waals surface area contributed by atoms with Crippen LogP contribution in [0.15, 0.2) is 22.7 Å². The van der Waals surface area contributed by atoms with Crippen molar-refractivity contribution >= 4 is 0 Å². The molecule has 2 N–H and O–H groups in total. The Morgan fingerprint density at radius 1 is 1.10 bits per heavy atom. The zero-order valence-electron chi connectivity index (χ0n) is 11.6. The standard InChI is InChI=1S/C15H17F2N3O/c16-11-6-10(7-12(17)8-11)14-19-13(21-20-14)9-15(18)4-2-1-3-5-15/h6-8H,1-5,9,18H2. The van der Waals surface area contributed by atoms with Gasteiger partial charge in [-0.1, -0.05) is 24.4 Å². The highest BCUT2D eigenvalue weighted by Gasteiger charge is 2.30. The number of hydrogen-bond donors (Lipinski definition) is 1. The SMILES string of the molecule is NC1(Cc2nc(-c3cc(F)cc(F)c3)no2)CCCCC1. The van der Waals surface area contributed by atoms with E-state index >= 15 is 0 Å². The largest absolute Gasteiger partial charge is 0.339 e.